The molecule has 0 radical (unpaired) electrons. The summed E-state index contributed by atoms with van der Waals surface area (Å²) < 4.78 is 14.1. The third-order valence-electron chi connectivity index (χ3n) is 1.96. The van der Waals surface area contributed by atoms with Gasteiger partial charge in [0.15, 0.2) is 0 Å². The third-order valence-corrected chi connectivity index (χ3v) is 2.46. The molecule has 0 spiro atoms. The van der Waals surface area contributed by atoms with Crippen LogP contribution >= 0.6 is 15.9 Å². The number of rotatable bonds is 5. The Morgan fingerprint density at radius 1 is 1.53 bits per heavy atom. The topological polar surface area (TPSA) is 58.3 Å². The van der Waals surface area contributed by atoms with Gasteiger partial charge in [-0.05, 0) is 18.2 Å². The van der Waals surface area contributed by atoms with E-state index in [2.05, 4.69) is 21.2 Å². The van der Waals surface area contributed by atoms with Gasteiger partial charge in [0, 0.05) is 29.2 Å². The molecule has 0 saturated carbocycles. The van der Waals surface area contributed by atoms with Gasteiger partial charge in [-0.15, -0.1) is 0 Å². The Morgan fingerprint density at radius 3 is 2.93 bits per heavy atom. The zero-order valence-corrected chi connectivity index (χ0v) is 9.80. The Balaban J connectivity index is 2.46. The molecule has 3 nitrogen and oxygen atoms in total. The zero-order valence-electron chi connectivity index (χ0n) is 8.21. The number of nitrogens with two attached hydrogens (primary N) is 1. The molecular formula is C10H14BrFN2O. The molecule has 0 bridgehead atoms. The highest BCUT2D eigenvalue weighted by Crippen LogP contribution is 2.15. The number of halogens is 2. The van der Waals surface area contributed by atoms with E-state index in [9.17, 15) is 4.39 Å². The molecule has 0 aliphatic heterocycles. The Hall–Kier alpha value is -0.490. The summed E-state index contributed by atoms with van der Waals surface area (Å²) in [7, 11) is 0. The van der Waals surface area contributed by atoms with Crippen LogP contribution in [-0.2, 0) is 6.54 Å². The summed E-state index contributed by atoms with van der Waals surface area (Å²) >= 11 is 3.27. The maximum atomic E-state index is 13.2. The Bertz CT molecular complexity index is 322. The fraction of sp³-hybridized carbons (Fsp3) is 0.400. The van der Waals surface area contributed by atoms with Crippen molar-refractivity contribution in [2.24, 2.45) is 5.73 Å². The average molecular weight is 277 g/mol. The molecule has 1 atom stereocenters. The molecule has 1 aromatic carbocycles. The molecule has 0 heterocycles. The summed E-state index contributed by atoms with van der Waals surface area (Å²) in [6.45, 7) is 0.787. The Kier molecular flexibility index (Phi) is 5.17. The van der Waals surface area contributed by atoms with Crippen molar-refractivity contribution in [1.82, 2.24) is 5.32 Å². The average Bonchev–Trinajstić information content (AvgIpc) is 2.23. The summed E-state index contributed by atoms with van der Waals surface area (Å²) in [6.07, 6.45) is 0. The van der Waals surface area contributed by atoms with Gasteiger partial charge < -0.3 is 16.2 Å². The monoisotopic (exact) mass is 276 g/mol. The Morgan fingerprint density at radius 2 is 2.27 bits per heavy atom. The largest absolute Gasteiger partial charge is 0.395 e. The standard InChI is InChI=1S/C10H14BrFN2O/c11-8-1-2-10(12)7(3-8)4-14-5-9(13)6-15/h1-3,9,14-15H,4-6,13H2. The maximum absolute atomic E-state index is 13.2. The molecule has 1 unspecified atom stereocenters. The molecule has 0 aliphatic carbocycles. The lowest BCUT2D eigenvalue weighted by molar-refractivity contribution is 0.262. The van der Waals surface area contributed by atoms with E-state index in [1.165, 1.54) is 6.07 Å². The van der Waals surface area contributed by atoms with E-state index < -0.39 is 0 Å². The quantitative estimate of drug-likeness (QED) is 0.752. The molecule has 15 heavy (non-hydrogen) atoms. The zero-order chi connectivity index (χ0) is 11.3. The van der Waals surface area contributed by atoms with Crippen LogP contribution < -0.4 is 11.1 Å². The third kappa shape index (κ3) is 4.25. The van der Waals surface area contributed by atoms with E-state index in [-0.39, 0.29) is 18.5 Å². The first kappa shape index (κ1) is 12.6. The van der Waals surface area contributed by atoms with Crippen molar-refractivity contribution in [1.29, 1.82) is 0 Å². The molecule has 0 aromatic heterocycles. The van der Waals surface area contributed by atoms with Crippen LogP contribution in [0.15, 0.2) is 22.7 Å². The van der Waals surface area contributed by atoms with Crippen LogP contribution in [-0.4, -0.2) is 24.3 Å². The van der Waals surface area contributed by atoms with Crippen LogP contribution in [0, 0.1) is 5.82 Å². The molecule has 0 fully saturated rings. The van der Waals surface area contributed by atoms with E-state index in [1.807, 2.05) is 0 Å². The lowest BCUT2D eigenvalue weighted by Gasteiger charge is -2.10. The predicted octanol–water partition coefficient (Wildman–Crippen LogP) is 0.997. The molecule has 0 aliphatic rings. The molecule has 1 aromatic rings. The van der Waals surface area contributed by atoms with Crippen molar-refractivity contribution >= 4 is 15.9 Å². The van der Waals surface area contributed by atoms with Crippen molar-refractivity contribution in [3.8, 4) is 0 Å². The highest BCUT2D eigenvalue weighted by atomic mass is 79.9. The second-order valence-electron chi connectivity index (χ2n) is 3.31. The van der Waals surface area contributed by atoms with Gasteiger partial charge in [0.05, 0.1) is 6.61 Å². The van der Waals surface area contributed by atoms with Gasteiger partial charge in [-0.3, -0.25) is 0 Å². The van der Waals surface area contributed by atoms with Gasteiger partial charge in [-0.25, -0.2) is 4.39 Å². The highest BCUT2D eigenvalue weighted by Gasteiger charge is 2.04. The number of aliphatic hydroxyl groups excluding tert-OH is 1. The van der Waals surface area contributed by atoms with Crippen molar-refractivity contribution in [2.45, 2.75) is 12.6 Å². The summed E-state index contributed by atoms with van der Waals surface area (Å²) in [5, 5.41) is 11.7. The second kappa shape index (κ2) is 6.17. The highest BCUT2D eigenvalue weighted by molar-refractivity contribution is 9.10. The first-order valence-electron chi connectivity index (χ1n) is 4.64. The first-order chi connectivity index (χ1) is 7.13. The normalized spacial score (nSPS) is 12.8. The van der Waals surface area contributed by atoms with Crippen LogP contribution in [0.4, 0.5) is 4.39 Å². The maximum Gasteiger partial charge on any atom is 0.127 e. The number of hydrogen-bond acceptors (Lipinski definition) is 3. The molecular weight excluding hydrogens is 263 g/mol. The molecule has 0 saturated heterocycles. The summed E-state index contributed by atoms with van der Waals surface area (Å²) in [5.74, 6) is -0.247. The first-order valence-corrected chi connectivity index (χ1v) is 5.44. The van der Waals surface area contributed by atoms with Crippen molar-refractivity contribution in [2.75, 3.05) is 13.2 Å². The van der Waals surface area contributed by atoms with Crippen LogP contribution in [0.2, 0.25) is 0 Å². The van der Waals surface area contributed by atoms with Crippen LogP contribution in [0.25, 0.3) is 0 Å². The van der Waals surface area contributed by atoms with Gasteiger partial charge in [-0.2, -0.15) is 0 Å². The fourth-order valence-corrected chi connectivity index (χ4v) is 1.54. The minimum atomic E-state index is -0.305. The summed E-state index contributed by atoms with van der Waals surface area (Å²) in [4.78, 5) is 0. The lowest BCUT2D eigenvalue weighted by atomic mass is 10.2. The number of benzene rings is 1. The van der Waals surface area contributed by atoms with Gasteiger partial charge in [0.1, 0.15) is 5.82 Å². The second-order valence-corrected chi connectivity index (χ2v) is 4.22. The van der Waals surface area contributed by atoms with Gasteiger partial charge in [0.2, 0.25) is 0 Å². The molecule has 1 rings (SSSR count). The van der Waals surface area contributed by atoms with Crippen molar-refractivity contribution < 1.29 is 9.50 Å². The lowest BCUT2D eigenvalue weighted by Crippen LogP contribution is -2.36. The molecule has 5 heteroatoms. The number of hydrogen-bond donors (Lipinski definition) is 3. The van der Waals surface area contributed by atoms with Crippen LogP contribution in [0.1, 0.15) is 5.56 Å². The van der Waals surface area contributed by atoms with Gasteiger partial charge >= 0.3 is 0 Å². The van der Waals surface area contributed by atoms with Crippen molar-refractivity contribution in [3.05, 3.63) is 34.1 Å². The number of nitrogens with one attached hydrogen (secondary N) is 1. The van der Waals surface area contributed by atoms with Gasteiger partial charge in [0.25, 0.3) is 0 Å². The van der Waals surface area contributed by atoms with E-state index in [0.717, 1.165) is 4.47 Å². The van der Waals surface area contributed by atoms with E-state index in [0.29, 0.717) is 18.7 Å². The fourth-order valence-electron chi connectivity index (χ4n) is 1.14. The molecule has 84 valence electrons. The van der Waals surface area contributed by atoms with Crippen molar-refractivity contribution in [3.63, 3.8) is 0 Å². The van der Waals surface area contributed by atoms with Gasteiger partial charge in [-0.1, -0.05) is 15.9 Å². The van der Waals surface area contributed by atoms with E-state index in [4.69, 9.17) is 10.8 Å². The summed E-state index contributed by atoms with van der Waals surface area (Å²) in [6, 6.07) is 4.47. The smallest absolute Gasteiger partial charge is 0.127 e. The number of aliphatic hydroxyl groups is 1. The minimum absolute atomic E-state index is 0.0754. The van der Waals surface area contributed by atoms with Crippen LogP contribution in [0.5, 0.6) is 0 Å². The minimum Gasteiger partial charge on any atom is -0.395 e. The van der Waals surface area contributed by atoms with E-state index >= 15 is 0 Å². The van der Waals surface area contributed by atoms with Crippen LogP contribution in [0.3, 0.4) is 0 Å². The molecule has 4 N–H and O–H groups in total. The molecule has 0 amide bonds. The predicted molar refractivity (Wildman–Crippen MR) is 60.9 cm³/mol. The van der Waals surface area contributed by atoms with E-state index in [1.54, 1.807) is 12.1 Å². The SMILES string of the molecule is NC(CO)CNCc1cc(Br)ccc1F. The Labute approximate surface area is 96.6 Å². The summed E-state index contributed by atoms with van der Waals surface area (Å²) in [5.41, 5.74) is 6.07.